The molecule has 2 fully saturated rings. The lowest BCUT2D eigenvalue weighted by atomic mass is 10.2. The van der Waals surface area contributed by atoms with Crippen molar-refractivity contribution in [2.75, 3.05) is 13.2 Å². The SMILES string of the molecule is OC[C@H]1CCCN1Cc1nc(C2CC2)no1. The van der Waals surface area contributed by atoms with Crippen LogP contribution in [0.2, 0.25) is 0 Å². The van der Waals surface area contributed by atoms with Crippen molar-refractivity contribution in [3.05, 3.63) is 11.7 Å². The van der Waals surface area contributed by atoms with Gasteiger partial charge in [-0.3, -0.25) is 4.90 Å². The van der Waals surface area contributed by atoms with Gasteiger partial charge in [-0.15, -0.1) is 0 Å². The molecule has 3 rings (SSSR count). The second kappa shape index (κ2) is 4.14. The van der Waals surface area contributed by atoms with Gasteiger partial charge in [0.2, 0.25) is 5.89 Å². The van der Waals surface area contributed by atoms with Crippen molar-refractivity contribution in [3.8, 4) is 0 Å². The van der Waals surface area contributed by atoms with Crippen LogP contribution in [-0.4, -0.2) is 39.3 Å². The molecular weight excluding hydrogens is 206 g/mol. The van der Waals surface area contributed by atoms with Crippen molar-refractivity contribution in [1.29, 1.82) is 0 Å². The Labute approximate surface area is 94.4 Å². The summed E-state index contributed by atoms with van der Waals surface area (Å²) < 4.78 is 5.24. The van der Waals surface area contributed by atoms with E-state index in [4.69, 9.17) is 4.52 Å². The summed E-state index contributed by atoms with van der Waals surface area (Å²) in [5, 5.41) is 13.2. The van der Waals surface area contributed by atoms with Gasteiger partial charge in [0.25, 0.3) is 0 Å². The van der Waals surface area contributed by atoms with Gasteiger partial charge in [0.05, 0.1) is 13.2 Å². The van der Waals surface area contributed by atoms with Crippen LogP contribution in [0.15, 0.2) is 4.52 Å². The van der Waals surface area contributed by atoms with Gasteiger partial charge >= 0.3 is 0 Å². The molecule has 5 nitrogen and oxygen atoms in total. The number of hydrogen-bond donors (Lipinski definition) is 1. The molecule has 0 spiro atoms. The molecule has 0 amide bonds. The second-order valence-corrected chi connectivity index (χ2v) is 4.77. The standard InChI is InChI=1S/C11H17N3O2/c15-7-9-2-1-5-14(9)6-10-12-11(13-16-10)8-3-4-8/h8-9,15H,1-7H2/t9-/m1/s1. The van der Waals surface area contributed by atoms with Gasteiger partial charge in [0.1, 0.15) is 0 Å². The molecule has 2 aliphatic rings. The zero-order chi connectivity index (χ0) is 11.0. The van der Waals surface area contributed by atoms with Crippen LogP contribution in [-0.2, 0) is 6.54 Å². The summed E-state index contributed by atoms with van der Waals surface area (Å²) in [6.45, 7) is 1.93. The van der Waals surface area contributed by atoms with E-state index in [0.29, 0.717) is 18.4 Å². The molecule has 0 radical (unpaired) electrons. The van der Waals surface area contributed by atoms with Crippen molar-refractivity contribution in [3.63, 3.8) is 0 Å². The molecule has 88 valence electrons. The van der Waals surface area contributed by atoms with E-state index in [2.05, 4.69) is 15.0 Å². The Morgan fingerprint density at radius 2 is 2.25 bits per heavy atom. The lowest BCUT2D eigenvalue weighted by Gasteiger charge is -2.20. The summed E-state index contributed by atoms with van der Waals surface area (Å²) >= 11 is 0. The Bertz CT molecular complexity index is 362. The Hall–Kier alpha value is -0.940. The maximum Gasteiger partial charge on any atom is 0.240 e. The summed E-state index contributed by atoms with van der Waals surface area (Å²) in [5.41, 5.74) is 0. The van der Waals surface area contributed by atoms with Crippen molar-refractivity contribution < 1.29 is 9.63 Å². The van der Waals surface area contributed by atoms with Crippen molar-refractivity contribution in [1.82, 2.24) is 15.0 Å². The highest BCUT2D eigenvalue weighted by Gasteiger charge is 2.30. The van der Waals surface area contributed by atoms with Crippen LogP contribution in [0.4, 0.5) is 0 Å². The Morgan fingerprint density at radius 1 is 1.38 bits per heavy atom. The summed E-state index contributed by atoms with van der Waals surface area (Å²) in [7, 11) is 0. The quantitative estimate of drug-likeness (QED) is 0.821. The number of aliphatic hydroxyl groups is 1. The van der Waals surface area contributed by atoms with Crippen molar-refractivity contribution in [2.24, 2.45) is 0 Å². The van der Waals surface area contributed by atoms with Gasteiger partial charge in [0, 0.05) is 12.0 Å². The van der Waals surface area contributed by atoms with Crippen LogP contribution in [0.1, 0.15) is 43.3 Å². The second-order valence-electron chi connectivity index (χ2n) is 4.77. The molecule has 1 aromatic heterocycles. The summed E-state index contributed by atoms with van der Waals surface area (Å²) in [6.07, 6.45) is 4.61. The average Bonchev–Trinajstić information content (AvgIpc) is 2.88. The van der Waals surface area contributed by atoms with Crippen LogP contribution < -0.4 is 0 Å². The first-order valence-electron chi connectivity index (χ1n) is 6.04. The summed E-state index contributed by atoms with van der Waals surface area (Å²) in [5.74, 6) is 2.11. The van der Waals surface area contributed by atoms with Crippen LogP contribution in [0.25, 0.3) is 0 Å². The number of aliphatic hydroxyl groups excluding tert-OH is 1. The fourth-order valence-corrected chi connectivity index (χ4v) is 2.32. The van der Waals surface area contributed by atoms with E-state index in [0.717, 1.165) is 25.2 Å². The predicted molar refractivity (Wildman–Crippen MR) is 56.8 cm³/mol. The highest BCUT2D eigenvalue weighted by atomic mass is 16.5. The van der Waals surface area contributed by atoms with Gasteiger partial charge in [0.15, 0.2) is 5.82 Å². The van der Waals surface area contributed by atoms with E-state index < -0.39 is 0 Å². The van der Waals surface area contributed by atoms with Crippen molar-refractivity contribution in [2.45, 2.75) is 44.2 Å². The Morgan fingerprint density at radius 3 is 3.00 bits per heavy atom. The molecule has 1 saturated heterocycles. The van der Waals surface area contributed by atoms with Crippen molar-refractivity contribution >= 4 is 0 Å². The predicted octanol–water partition coefficient (Wildman–Crippen LogP) is 0.904. The zero-order valence-corrected chi connectivity index (χ0v) is 9.30. The van der Waals surface area contributed by atoms with E-state index in [1.165, 1.54) is 12.8 Å². The van der Waals surface area contributed by atoms with Crippen LogP contribution in [0.5, 0.6) is 0 Å². The van der Waals surface area contributed by atoms with E-state index in [-0.39, 0.29) is 12.6 Å². The molecule has 0 aromatic carbocycles. The van der Waals surface area contributed by atoms with E-state index in [9.17, 15) is 5.11 Å². The van der Waals surface area contributed by atoms with E-state index in [1.807, 2.05) is 0 Å². The third kappa shape index (κ3) is 1.97. The Kier molecular flexibility index (Phi) is 2.65. The van der Waals surface area contributed by atoms with E-state index >= 15 is 0 Å². The van der Waals surface area contributed by atoms with E-state index in [1.54, 1.807) is 0 Å². The number of nitrogens with zero attached hydrogens (tertiary/aromatic N) is 3. The third-order valence-corrected chi connectivity index (χ3v) is 3.47. The molecule has 1 aliphatic carbocycles. The lowest BCUT2D eigenvalue weighted by Crippen LogP contribution is -2.31. The minimum absolute atomic E-state index is 0.226. The molecule has 16 heavy (non-hydrogen) atoms. The first kappa shape index (κ1) is 10.2. The highest BCUT2D eigenvalue weighted by Crippen LogP contribution is 2.38. The third-order valence-electron chi connectivity index (χ3n) is 3.47. The van der Waals surface area contributed by atoms with Crippen LogP contribution in [0, 0.1) is 0 Å². The van der Waals surface area contributed by atoms with Gasteiger partial charge in [-0.1, -0.05) is 5.16 Å². The Balaban J connectivity index is 1.63. The number of likely N-dealkylation sites (tertiary alicyclic amines) is 1. The number of aromatic nitrogens is 2. The first-order chi connectivity index (χ1) is 7.86. The molecule has 0 bridgehead atoms. The normalized spacial score (nSPS) is 26.4. The van der Waals surface area contributed by atoms with Crippen LogP contribution >= 0.6 is 0 Å². The summed E-state index contributed by atoms with van der Waals surface area (Å²) in [4.78, 5) is 6.63. The van der Waals surface area contributed by atoms with Crippen LogP contribution in [0.3, 0.4) is 0 Å². The van der Waals surface area contributed by atoms with Gasteiger partial charge in [-0.2, -0.15) is 4.98 Å². The average molecular weight is 223 g/mol. The van der Waals surface area contributed by atoms with Gasteiger partial charge < -0.3 is 9.63 Å². The fourth-order valence-electron chi connectivity index (χ4n) is 2.32. The van der Waals surface area contributed by atoms with Gasteiger partial charge in [-0.05, 0) is 32.2 Å². The summed E-state index contributed by atoms with van der Waals surface area (Å²) in [6, 6.07) is 0.274. The molecule has 1 aliphatic heterocycles. The number of hydrogen-bond acceptors (Lipinski definition) is 5. The topological polar surface area (TPSA) is 62.4 Å². The molecule has 1 saturated carbocycles. The molecule has 2 heterocycles. The maximum atomic E-state index is 9.21. The van der Waals surface area contributed by atoms with Gasteiger partial charge in [-0.25, -0.2) is 0 Å². The maximum absolute atomic E-state index is 9.21. The monoisotopic (exact) mass is 223 g/mol. The first-order valence-corrected chi connectivity index (χ1v) is 6.04. The number of rotatable bonds is 4. The smallest absolute Gasteiger partial charge is 0.240 e. The zero-order valence-electron chi connectivity index (χ0n) is 9.30. The lowest BCUT2D eigenvalue weighted by molar-refractivity contribution is 0.141. The highest BCUT2D eigenvalue weighted by molar-refractivity contribution is 5.03. The molecule has 1 atom stereocenters. The minimum atomic E-state index is 0.226. The fraction of sp³-hybridized carbons (Fsp3) is 0.818. The minimum Gasteiger partial charge on any atom is -0.395 e. The molecule has 1 N–H and O–H groups in total. The molecule has 1 aromatic rings. The molecule has 5 heteroatoms. The molecular formula is C11H17N3O2. The largest absolute Gasteiger partial charge is 0.395 e. The molecule has 0 unspecified atom stereocenters.